The average molecular weight is 456 g/mol. The smallest absolute Gasteiger partial charge is 0.266 e. The van der Waals surface area contributed by atoms with Gasteiger partial charge in [-0.05, 0) is 29.8 Å². The molecule has 2 aromatic carbocycles. The van der Waals surface area contributed by atoms with E-state index in [2.05, 4.69) is 15.9 Å². The molecule has 1 amide bonds. The van der Waals surface area contributed by atoms with Gasteiger partial charge in [0, 0.05) is 16.1 Å². The molecule has 0 saturated carbocycles. The van der Waals surface area contributed by atoms with Gasteiger partial charge in [-0.2, -0.15) is 0 Å². The minimum absolute atomic E-state index is 0.0876. The molecule has 1 fully saturated rings. The van der Waals surface area contributed by atoms with Gasteiger partial charge >= 0.3 is 0 Å². The molecule has 1 aliphatic rings. The summed E-state index contributed by atoms with van der Waals surface area (Å²) in [5, 5.41) is 0. The Morgan fingerprint density at radius 1 is 1.04 bits per heavy atom. The lowest BCUT2D eigenvalue weighted by Crippen LogP contribution is -2.27. The zero-order valence-corrected chi connectivity index (χ0v) is 17.3. The average Bonchev–Trinajstić information content (AvgIpc) is 3.24. The Labute approximate surface area is 175 Å². The van der Waals surface area contributed by atoms with Gasteiger partial charge in [-0.3, -0.25) is 9.69 Å². The second kappa shape index (κ2) is 7.84. The number of benzene rings is 2. The summed E-state index contributed by atoms with van der Waals surface area (Å²) in [6.45, 7) is 0.477. The van der Waals surface area contributed by atoms with Crippen molar-refractivity contribution in [3.63, 3.8) is 0 Å². The van der Waals surface area contributed by atoms with Gasteiger partial charge in [0.2, 0.25) is 0 Å². The van der Waals surface area contributed by atoms with E-state index in [0.717, 1.165) is 21.4 Å². The van der Waals surface area contributed by atoms with E-state index in [9.17, 15) is 4.79 Å². The maximum absolute atomic E-state index is 12.7. The first-order chi connectivity index (χ1) is 13.1. The standard InChI is InChI=1S/C21H14BrNO2S2/c22-16-8-6-15(7-9-16)18-11-10-17(25-18)12-19-20(24)23(21(26)27-19)13-14-4-2-1-3-5-14/h1-12H,13H2/b19-12-. The molecule has 1 aliphatic heterocycles. The number of rotatable bonds is 4. The number of carbonyl (C=O) groups is 1. The molecule has 0 unspecified atom stereocenters. The van der Waals surface area contributed by atoms with Gasteiger partial charge in [0.15, 0.2) is 0 Å². The van der Waals surface area contributed by atoms with Gasteiger partial charge in [-0.15, -0.1) is 0 Å². The molecular weight excluding hydrogens is 442 g/mol. The van der Waals surface area contributed by atoms with E-state index in [1.165, 1.54) is 11.8 Å². The summed E-state index contributed by atoms with van der Waals surface area (Å²) in [7, 11) is 0. The maximum atomic E-state index is 12.7. The predicted molar refractivity (Wildman–Crippen MR) is 117 cm³/mol. The highest BCUT2D eigenvalue weighted by molar-refractivity contribution is 9.10. The van der Waals surface area contributed by atoms with Crippen LogP contribution in [-0.2, 0) is 11.3 Å². The van der Waals surface area contributed by atoms with Crippen molar-refractivity contribution < 1.29 is 9.21 Å². The summed E-state index contributed by atoms with van der Waals surface area (Å²) in [6.07, 6.45) is 1.76. The third-order valence-corrected chi connectivity index (χ3v) is 5.99. The van der Waals surface area contributed by atoms with Crippen LogP contribution in [0.2, 0.25) is 0 Å². The first-order valence-electron chi connectivity index (χ1n) is 8.25. The van der Waals surface area contributed by atoms with E-state index in [4.69, 9.17) is 16.6 Å². The van der Waals surface area contributed by atoms with Crippen LogP contribution in [-0.4, -0.2) is 15.1 Å². The van der Waals surface area contributed by atoms with Crippen molar-refractivity contribution in [3.05, 3.63) is 87.4 Å². The lowest BCUT2D eigenvalue weighted by atomic mass is 10.2. The van der Waals surface area contributed by atoms with Gasteiger partial charge < -0.3 is 4.42 Å². The van der Waals surface area contributed by atoms with Crippen molar-refractivity contribution in [1.82, 2.24) is 4.90 Å². The first kappa shape index (κ1) is 18.2. The van der Waals surface area contributed by atoms with Crippen LogP contribution in [0.3, 0.4) is 0 Å². The number of hydrogen-bond acceptors (Lipinski definition) is 4. The number of carbonyl (C=O) groups excluding carboxylic acids is 1. The first-order valence-corrected chi connectivity index (χ1v) is 10.3. The molecule has 27 heavy (non-hydrogen) atoms. The van der Waals surface area contributed by atoms with E-state index >= 15 is 0 Å². The molecule has 6 heteroatoms. The zero-order valence-electron chi connectivity index (χ0n) is 14.1. The normalized spacial score (nSPS) is 15.7. The van der Waals surface area contributed by atoms with E-state index in [-0.39, 0.29) is 5.91 Å². The summed E-state index contributed by atoms with van der Waals surface area (Å²) in [4.78, 5) is 14.9. The van der Waals surface area contributed by atoms with Crippen LogP contribution in [0, 0.1) is 0 Å². The number of nitrogens with zero attached hydrogens (tertiary/aromatic N) is 1. The van der Waals surface area contributed by atoms with Crippen molar-refractivity contribution in [2.75, 3.05) is 0 Å². The monoisotopic (exact) mass is 455 g/mol. The van der Waals surface area contributed by atoms with Crippen LogP contribution < -0.4 is 0 Å². The fourth-order valence-electron chi connectivity index (χ4n) is 2.73. The van der Waals surface area contributed by atoms with E-state index < -0.39 is 0 Å². The number of thioether (sulfide) groups is 1. The Bertz CT molecular complexity index is 1030. The molecule has 1 aromatic heterocycles. The van der Waals surface area contributed by atoms with E-state index in [1.54, 1.807) is 11.0 Å². The van der Waals surface area contributed by atoms with Crippen LogP contribution in [0.25, 0.3) is 17.4 Å². The summed E-state index contributed by atoms with van der Waals surface area (Å²) in [6, 6.07) is 21.5. The fourth-order valence-corrected chi connectivity index (χ4v) is 4.23. The minimum Gasteiger partial charge on any atom is -0.457 e. The Morgan fingerprint density at radius 2 is 1.78 bits per heavy atom. The molecule has 3 nitrogen and oxygen atoms in total. The molecular formula is C21H14BrNO2S2. The Balaban J connectivity index is 1.53. The summed E-state index contributed by atoms with van der Waals surface area (Å²) < 4.78 is 7.47. The molecule has 3 aromatic rings. The molecule has 2 heterocycles. The number of furan rings is 1. The minimum atomic E-state index is -0.0876. The van der Waals surface area contributed by atoms with Crippen molar-refractivity contribution in [1.29, 1.82) is 0 Å². The van der Waals surface area contributed by atoms with Crippen molar-refractivity contribution in [2.24, 2.45) is 0 Å². The second-order valence-electron chi connectivity index (χ2n) is 5.96. The molecule has 0 bridgehead atoms. The van der Waals surface area contributed by atoms with E-state index in [0.29, 0.717) is 21.5 Å². The van der Waals surface area contributed by atoms with Gasteiger partial charge in [-0.1, -0.05) is 82.4 Å². The lowest BCUT2D eigenvalue weighted by Gasteiger charge is -2.14. The van der Waals surface area contributed by atoms with Gasteiger partial charge in [0.05, 0.1) is 11.4 Å². The lowest BCUT2D eigenvalue weighted by molar-refractivity contribution is -0.122. The number of thiocarbonyl (C=S) groups is 1. The molecule has 0 atom stereocenters. The molecule has 0 radical (unpaired) electrons. The molecule has 1 saturated heterocycles. The van der Waals surface area contributed by atoms with Crippen molar-refractivity contribution >= 4 is 56.2 Å². The third kappa shape index (κ3) is 4.08. The summed E-state index contributed by atoms with van der Waals surface area (Å²) in [5.74, 6) is 1.30. The molecule has 0 spiro atoms. The summed E-state index contributed by atoms with van der Waals surface area (Å²) >= 11 is 10.1. The molecule has 4 rings (SSSR count). The molecule has 0 aliphatic carbocycles. The highest BCUT2D eigenvalue weighted by atomic mass is 79.9. The molecule has 0 N–H and O–H groups in total. The van der Waals surface area contributed by atoms with Gasteiger partial charge in [0.25, 0.3) is 5.91 Å². The van der Waals surface area contributed by atoms with Gasteiger partial charge in [0.1, 0.15) is 15.8 Å². The van der Waals surface area contributed by atoms with Crippen LogP contribution >= 0.6 is 39.9 Å². The Morgan fingerprint density at radius 3 is 2.52 bits per heavy atom. The topological polar surface area (TPSA) is 33.5 Å². The largest absolute Gasteiger partial charge is 0.457 e. The molecule has 134 valence electrons. The summed E-state index contributed by atoms with van der Waals surface area (Å²) in [5.41, 5.74) is 2.03. The van der Waals surface area contributed by atoms with Gasteiger partial charge in [-0.25, -0.2) is 0 Å². The Hall–Kier alpha value is -2.15. The van der Waals surface area contributed by atoms with Crippen LogP contribution in [0.1, 0.15) is 11.3 Å². The van der Waals surface area contributed by atoms with Crippen molar-refractivity contribution in [2.45, 2.75) is 6.54 Å². The van der Waals surface area contributed by atoms with Crippen LogP contribution in [0.15, 0.2) is 80.5 Å². The number of halogens is 1. The quantitative estimate of drug-likeness (QED) is 0.350. The second-order valence-corrected chi connectivity index (χ2v) is 8.55. The number of amides is 1. The van der Waals surface area contributed by atoms with E-state index in [1.807, 2.05) is 66.7 Å². The highest BCUT2D eigenvalue weighted by Gasteiger charge is 2.32. The predicted octanol–water partition coefficient (Wildman–Crippen LogP) is 6.11. The third-order valence-electron chi connectivity index (χ3n) is 4.09. The Kier molecular flexibility index (Phi) is 5.29. The highest BCUT2D eigenvalue weighted by Crippen LogP contribution is 2.34. The SMILES string of the molecule is O=C1/C(=C/c2ccc(-c3ccc(Br)cc3)o2)SC(=S)N1Cc1ccccc1. The number of hydrogen-bond donors (Lipinski definition) is 0. The van der Waals surface area contributed by atoms with Crippen LogP contribution in [0.5, 0.6) is 0 Å². The van der Waals surface area contributed by atoms with Crippen LogP contribution in [0.4, 0.5) is 0 Å². The zero-order chi connectivity index (χ0) is 18.8. The van der Waals surface area contributed by atoms with Crippen molar-refractivity contribution in [3.8, 4) is 11.3 Å². The fraction of sp³-hybridized carbons (Fsp3) is 0.0476. The maximum Gasteiger partial charge on any atom is 0.266 e.